The molecule has 21 fully saturated rings. The maximum absolute atomic E-state index is 6.97. The quantitative estimate of drug-likeness (QED) is 0.228. The van der Waals surface area contributed by atoms with Gasteiger partial charge in [0.2, 0.25) is 0 Å². The van der Waals surface area contributed by atoms with Crippen molar-refractivity contribution in [3.63, 3.8) is 0 Å². The van der Waals surface area contributed by atoms with Crippen LogP contribution in [0, 0.1) is 82.9 Å². The minimum absolute atomic E-state index is 0.0576. The molecule has 0 spiro atoms. The molecule has 0 N–H and O–H groups in total. The van der Waals surface area contributed by atoms with E-state index in [2.05, 4.69) is 145 Å². The fraction of sp³-hybridized carbons (Fsp3) is 1.00. The third kappa shape index (κ3) is 10.6. The minimum Gasteiger partial charge on any atom is -0.347 e. The van der Waals surface area contributed by atoms with Gasteiger partial charge in [0.15, 0.2) is 44.0 Å². The van der Waals surface area contributed by atoms with Crippen LogP contribution in [0.3, 0.4) is 0 Å². The smallest absolute Gasteiger partial charge is 0.161 e. The van der Waals surface area contributed by atoms with Gasteiger partial charge in [0.05, 0.1) is 85.5 Å². The van der Waals surface area contributed by atoms with Crippen LogP contribution in [-0.4, -0.2) is 129 Å². The van der Waals surface area contributed by atoms with Crippen molar-refractivity contribution in [2.75, 3.05) is 0 Å². The zero-order valence-corrected chi connectivity index (χ0v) is 46.9. The van der Waals surface area contributed by atoms with Gasteiger partial charge in [-0.05, 0) is 89.9 Å². The fourth-order valence-electron chi connectivity index (χ4n) is 13.5. The number of hydrogen-bond acceptors (Lipinski definition) is 14. The molecule has 0 aromatic heterocycles. The fourth-order valence-corrected chi connectivity index (χ4v) is 13.5. The summed E-state index contributed by atoms with van der Waals surface area (Å²) in [5.74, 6) is 1.37. The maximum Gasteiger partial charge on any atom is 0.161 e. The highest BCUT2D eigenvalue weighted by molar-refractivity contribution is 4.96. The first-order chi connectivity index (χ1) is 32.9. The molecule has 0 aromatic rings. The second-order valence-electron chi connectivity index (χ2n) is 24.7. The molecule has 14 heteroatoms. The summed E-state index contributed by atoms with van der Waals surface area (Å²) in [6.07, 6.45) is -5.78. The molecule has 14 nitrogen and oxygen atoms in total. The van der Waals surface area contributed by atoms with Gasteiger partial charge in [-0.2, -0.15) is 0 Å². The van der Waals surface area contributed by atoms with E-state index in [0.717, 1.165) is 0 Å². The zero-order chi connectivity index (χ0) is 51.1. The van der Waals surface area contributed by atoms with E-state index in [4.69, 9.17) is 66.3 Å². The van der Waals surface area contributed by atoms with Gasteiger partial charge in [0.1, 0.15) is 0 Å². The van der Waals surface area contributed by atoms with Gasteiger partial charge in [0.25, 0.3) is 0 Å². The Morgan fingerprint density at radius 1 is 0.129 bits per heavy atom. The van der Waals surface area contributed by atoms with Crippen molar-refractivity contribution in [2.45, 2.75) is 275 Å². The lowest BCUT2D eigenvalue weighted by Crippen LogP contribution is -2.59. The van der Waals surface area contributed by atoms with E-state index in [-0.39, 0.29) is 168 Å². The third-order valence-electron chi connectivity index (χ3n) is 20.2. The molecule has 0 radical (unpaired) electrons. The van der Waals surface area contributed by atoms with Gasteiger partial charge in [-0.3, -0.25) is 0 Å². The lowest BCUT2D eigenvalue weighted by atomic mass is 9.81. The molecule has 14 bridgehead atoms. The Balaban J connectivity index is 1.02. The Morgan fingerprint density at radius 2 is 0.229 bits per heavy atom. The Kier molecular flexibility index (Phi) is 17.6. The molecule has 0 amide bonds. The van der Waals surface area contributed by atoms with Crippen molar-refractivity contribution in [2.24, 2.45) is 82.9 Å². The molecule has 0 aliphatic carbocycles. The van der Waals surface area contributed by atoms with Crippen molar-refractivity contribution in [1.82, 2.24) is 0 Å². The molecule has 21 heterocycles. The summed E-state index contributed by atoms with van der Waals surface area (Å²) in [5, 5.41) is 0. The predicted octanol–water partition coefficient (Wildman–Crippen LogP) is 9.82. The summed E-state index contributed by atoms with van der Waals surface area (Å²) >= 11 is 0. The zero-order valence-electron chi connectivity index (χ0n) is 46.9. The maximum atomic E-state index is 6.97. The summed E-state index contributed by atoms with van der Waals surface area (Å²) in [4.78, 5) is 0. The standard InChI is InChI=1S/C56H98O14/c1-22-29(8)50-57-36(15)43(22)64-51-30(9)23(2)45(38(17)58-51)66-53-32(11)25(4)47(40(19)60-53)68-55-34(13)27(6)49(42(21)62-55)70-56-35(14)28(7)48(41(20)63-56)69-54-33(12)26(5)46(39(18)61-54)67-52-31(10)24(3)44(65-50)37(16)59-52/h22-56H,1-21H3/t22-,23-,24-,25-,26-,27-,28-,29?,30?,31?,32?,33?,34?,35?,36?,37?,38?,39?,40?,41?,42?,43+,44+,45+,46+,47+,48+,49+,50-,51-,52-,53+,54+,55+,56-/m1/s1. The van der Waals surface area contributed by atoms with Crippen molar-refractivity contribution < 1.29 is 66.3 Å². The molecule has 0 saturated carbocycles. The topological polar surface area (TPSA) is 129 Å². The second-order valence-corrected chi connectivity index (χ2v) is 24.7. The largest absolute Gasteiger partial charge is 0.347 e. The van der Waals surface area contributed by atoms with Crippen LogP contribution < -0.4 is 0 Å². The number of ether oxygens (including phenoxy) is 14. The average molecular weight is 995 g/mol. The van der Waals surface area contributed by atoms with E-state index in [9.17, 15) is 0 Å². The molecular formula is C56H98O14. The van der Waals surface area contributed by atoms with Crippen LogP contribution in [0.25, 0.3) is 0 Å². The summed E-state index contributed by atoms with van der Waals surface area (Å²) in [6.45, 7) is 46.0. The summed E-state index contributed by atoms with van der Waals surface area (Å²) in [5.41, 5.74) is 0. The summed E-state index contributed by atoms with van der Waals surface area (Å²) in [6, 6.07) is 0. The molecule has 35 atom stereocenters. The molecule has 21 aliphatic heterocycles. The van der Waals surface area contributed by atoms with Crippen LogP contribution in [-0.2, 0) is 66.3 Å². The molecule has 21 rings (SSSR count). The summed E-state index contributed by atoms with van der Waals surface area (Å²) < 4.78 is 96.1. The van der Waals surface area contributed by atoms with Gasteiger partial charge in [-0.25, -0.2) is 0 Å². The number of rotatable bonds is 0. The van der Waals surface area contributed by atoms with E-state index < -0.39 is 44.0 Å². The first-order valence-corrected chi connectivity index (χ1v) is 28.1. The highest BCUT2D eigenvalue weighted by Gasteiger charge is 2.54. The van der Waals surface area contributed by atoms with Crippen LogP contribution >= 0.6 is 0 Å². The Bertz CT molecular complexity index is 1360. The lowest BCUT2D eigenvalue weighted by molar-refractivity contribution is -0.364. The first kappa shape index (κ1) is 55.7. The summed E-state index contributed by atoms with van der Waals surface area (Å²) in [7, 11) is 0. The van der Waals surface area contributed by atoms with Gasteiger partial charge >= 0.3 is 0 Å². The van der Waals surface area contributed by atoms with Crippen LogP contribution in [0.4, 0.5) is 0 Å². The van der Waals surface area contributed by atoms with Gasteiger partial charge in [-0.1, -0.05) is 96.9 Å². The van der Waals surface area contributed by atoms with Crippen molar-refractivity contribution in [3.8, 4) is 0 Å². The van der Waals surface area contributed by atoms with Crippen LogP contribution in [0.5, 0.6) is 0 Å². The minimum atomic E-state index is -0.419. The normalized spacial score (nSPS) is 59.7. The van der Waals surface area contributed by atoms with Crippen LogP contribution in [0.2, 0.25) is 0 Å². The van der Waals surface area contributed by atoms with E-state index >= 15 is 0 Å². The lowest BCUT2D eigenvalue weighted by Gasteiger charge is -2.51. The van der Waals surface area contributed by atoms with E-state index in [1.807, 2.05) is 0 Å². The van der Waals surface area contributed by atoms with Gasteiger partial charge < -0.3 is 66.3 Å². The van der Waals surface area contributed by atoms with E-state index in [1.54, 1.807) is 0 Å². The molecule has 21 saturated heterocycles. The molecule has 14 unspecified atom stereocenters. The predicted molar refractivity (Wildman–Crippen MR) is 263 cm³/mol. The second kappa shape index (κ2) is 22.2. The Labute approximate surface area is 422 Å². The Morgan fingerprint density at radius 3 is 0.329 bits per heavy atom. The highest BCUT2D eigenvalue weighted by Crippen LogP contribution is 2.46. The van der Waals surface area contributed by atoms with Gasteiger partial charge in [-0.15, -0.1) is 0 Å². The molecule has 70 heavy (non-hydrogen) atoms. The first-order valence-electron chi connectivity index (χ1n) is 28.1. The molecule has 0 aromatic carbocycles. The van der Waals surface area contributed by atoms with Gasteiger partial charge in [0, 0.05) is 41.4 Å². The van der Waals surface area contributed by atoms with Crippen molar-refractivity contribution >= 4 is 0 Å². The van der Waals surface area contributed by atoms with Crippen LogP contribution in [0.1, 0.15) is 145 Å². The van der Waals surface area contributed by atoms with E-state index in [0.29, 0.717) is 0 Å². The molecular weight excluding hydrogens is 897 g/mol. The van der Waals surface area contributed by atoms with E-state index in [1.165, 1.54) is 0 Å². The van der Waals surface area contributed by atoms with Crippen molar-refractivity contribution in [3.05, 3.63) is 0 Å². The Hall–Kier alpha value is -0.560. The highest BCUT2D eigenvalue weighted by atomic mass is 16.8. The van der Waals surface area contributed by atoms with Crippen molar-refractivity contribution in [1.29, 1.82) is 0 Å². The third-order valence-corrected chi connectivity index (χ3v) is 20.2. The SMILES string of the molecule is CC1[C@@H]2OC(C)[C@@H](O[C@H]3OC(C)[C@@H](O[C@@H]4OC(C)[C@@H](O[C@@H]5OC(C)[C@@H](O[C@H]6OC(C)[C@@H](O[C@@H]7OC(C)[C@@H](O[C@H]8OC(C)[C@@H](O2)[C@H](C)C8C)[C@H](C)C7C)[C@H](C)C6C)[C@H](C)C5C)[C@H](C)C4C)[C@H](C)C3C)[C@@H]1C. The molecule has 406 valence electrons. The number of hydrogen-bond donors (Lipinski definition) is 0. The average Bonchev–Trinajstić information content (AvgIpc) is 3.31. The van der Waals surface area contributed by atoms with Crippen LogP contribution in [0.15, 0.2) is 0 Å². The monoisotopic (exact) mass is 995 g/mol. The molecule has 21 aliphatic rings.